The number of carbonyl (C=O) groups is 2. The lowest BCUT2D eigenvalue weighted by atomic mass is 9.94. The number of rotatable bonds is 7. The summed E-state index contributed by atoms with van der Waals surface area (Å²) in [6.07, 6.45) is 1.94. The number of hydrogen-bond acceptors (Lipinski definition) is 6. The number of ether oxygens (including phenoxy) is 1. The van der Waals surface area contributed by atoms with Crippen molar-refractivity contribution >= 4 is 21.9 Å². The average Bonchev–Trinajstić information content (AvgIpc) is 3.12. The van der Waals surface area contributed by atoms with Crippen molar-refractivity contribution in [3.05, 3.63) is 12.7 Å². The van der Waals surface area contributed by atoms with Gasteiger partial charge in [0.05, 0.1) is 24.5 Å². The Bertz CT molecular complexity index is 619. The fourth-order valence-electron chi connectivity index (χ4n) is 3.80. The fourth-order valence-corrected chi connectivity index (χ4v) is 5.68. The SMILES string of the molecule is C=CC(=O)NCC(=O)NCCOC1C2CC3C1OS(=O)(=O)C3C2. The van der Waals surface area contributed by atoms with Crippen LogP contribution < -0.4 is 10.6 Å². The lowest BCUT2D eigenvalue weighted by Crippen LogP contribution is -2.40. The predicted octanol–water partition coefficient (Wildman–Crippen LogP) is -1.07. The number of nitrogens with one attached hydrogen (secondary N) is 2. The van der Waals surface area contributed by atoms with Gasteiger partial charge < -0.3 is 15.4 Å². The topological polar surface area (TPSA) is 111 Å². The molecule has 128 valence electrons. The number of amides is 2. The van der Waals surface area contributed by atoms with E-state index in [-0.39, 0.29) is 48.4 Å². The van der Waals surface area contributed by atoms with Crippen molar-refractivity contribution in [3.63, 3.8) is 0 Å². The Morgan fingerprint density at radius 2 is 2.09 bits per heavy atom. The second-order valence-corrected chi connectivity index (χ2v) is 7.88. The molecule has 5 unspecified atom stereocenters. The third-order valence-corrected chi connectivity index (χ3v) is 6.53. The maximum atomic E-state index is 11.8. The standard InChI is InChI=1S/C14H20N2O6S/c1-2-11(17)16-7-12(18)15-3-4-21-13-8-5-9-10(6-8)23(19,20)22-14(9)13/h2,8-10,13-14H,1,3-7H2,(H,15,18)(H,16,17). The summed E-state index contributed by atoms with van der Waals surface area (Å²) in [5.41, 5.74) is 0. The molecule has 0 aromatic rings. The van der Waals surface area contributed by atoms with Crippen LogP contribution in [0.4, 0.5) is 0 Å². The van der Waals surface area contributed by atoms with Crippen LogP contribution in [-0.4, -0.2) is 57.4 Å². The zero-order valence-electron chi connectivity index (χ0n) is 12.6. The van der Waals surface area contributed by atoms with Gasteiger partial charge in [0.25, 0.3) is 10.1 Å². The minimum atomic E-state index is -3.42. The molecule has 3 fully saturated rings. The van der Waals surface area contributed by atoms with Gasteiger partial charge >= 0.3 is 0 Å². The highest BCUT2D eigenvalue weighted by atomic mass is 32.2. The summed E-state index contributed by atoms with van der Waals surface area (Å²) in [4.78, 5) is 22.4. The summed E-state index contributed by atoms with van der Waals surface area (Å²) < 4.78 is 34.6. The third-order valence-electron chi connectivity index (χ3n) is 4.76. The van der Waals surface area contributed by atoms with Crippen LogP contribution in [0.15, 0.2) is 12.7 Å². The molecule has 0 spiro atoms. The molecule has 2 saturated carbocycles. The monoisotopic (exact) mass is 344 g/mol. The quantitative estimate of drug-likeness (QED) is 0.346. The zero-order chi connectivity index (χ0) is 16.6. The fraction of sp³-hybridized carbons (Fsp3) is 0.714. The molecule has 3 aliphatic rings. The van der Waals surface area contributed by atoms with Crippen LogP contribution in [0.1, 0.15) is 12.8 Å². The van der Waals surface area contributed by atoms with Crippen LogP contribution in [0.3, 0.4) is 0 Å². The predicted molar refractivity (Wildman–Crippen MR) is 79.8 cm³/mol. The molecule has 1 saturated heterocycles. The first-order valence-corrected chi connectivity index (χ1v) is 9.10. The molecule has 2 aliphatic carbocycles. The normalized spacial score (nSPS) is 35.9. The average molecular weight is 344 g/mol. The lowest BCUT2D eigenvalue weighted by Gasteiger charge is -2.25. The maximum Gasteiger partial charge on any atom is 0.270 e. The van der Waals surface area contributed by atoms with Crippen LogP contribution >= 0.6 is 0 Å². The molecular formula is C14H20N2O6S. The van der Waals surface area contributed by atoms with Crippen molar-refractivity contribution < 1.29 is 26.9 Å². The van der Waals surface area contributed by atoms with Crippen LogP contribution in [-0.2, 0) is 28.6 Å². The summed E-state index contributed by atoms with van der Waals surface area (Å²) in [7, 11) is -3.42. The van der Waals surface area contributed by atoms with Gasteiger partial charge in [-0.1, -0.05) is 6.58 Å². The summed E-state index contributed by atoms with van der Waals surface area (Å²) >= 11 is 0. The van der Waals surface area contributed by atoms with Gasteiger partial charge in [0.1, 0.15) is 6.10 Å². The largest absolute Gasteiger partial charge is 0.373 e. The van der Waals surface area contributed by atoms with Gasteiger partial charge in [-0.15, -0.1) is 0 Å². The van der Waals surface area contributed by atoms with Gasteiger partial charge in [0, 0.05) is 12.5 Å². The number of carbonyl (C=O) groups excluding carboxylic acids is 2. The van der Waals surface area contributed by atoms with Gasteiger partial charge in [0.15, 0.2) is 0 Å². The Morgan fingerprint density at radius 3 is 2.83 bits per heavy atom. The Kier molecular flexibility index (Phi) is 4.43. The molecule has 9 heteroatoms. The zero-order valence-corrected chi connectivity index (χ0v) is 13.4. The highest BCUT2D eigenvalue weighted by Gasteiger charge is 2.64. The molecular weight excluding hydrogens is 324 g/mol. The summed E-state index contributed by atoms with van der Waals surface area (Å²) in [6.45, 7) is 3.74. The van der Waals surface area contributed by atoms with Crippen molar-refractivity contribution in [3.8, 4) is 0 Å². The second-order valence-electron chi connectivity index (χ2n) is 6.09. The summed E-state index contributed by atoms with van der Waals surface area (Å²) in [5.74, 6) is -0.461. The van der Waals surface area contributed by atoms with E-state index in [1.165, 1.54) is 0 Å². The molecule has 2 amide bonds. The number of fused-ring (bicyclic) bond motifs is 1. The van der Waals surface area contributed by atoms with Gasteiger partial charge in [-0.2, -0.15) is 8.42 Å². The van der Waals surface area contributed by atoms with Crippen molar-refractivity contribution in [1.82, 2.24) is 10.6 Å². The molecule has 0 aromatic heterocycles. The van der Waals surface area contributed by atoms with E-state index in [1.54, 1.807) is 0 Å². The lowest BCUT2D eigenvalue weighted by molar-refractivity contribution is -0.124. The van der Waals surface area contributed by atoms with E-state index in [0.29, 0.717) is 13.0 Å². The van der Waals surface area contributed by atoms with E-state index in [1.807, 2.05) is 0 Å². The van der Waals surface area contributed by atoms with E-state index < -0.39 is 16.0 Å². The minimum Gasteiger partial charge on any atom is -0.373 e. The molecule has 0 radical (unpaired) electrons. The highest BCUT2D eigenvalue weighted by Crippen LogP contribution is 2.55. The molecule has 2 N–H and O–H groups in total. The van der Waals surface area contributed by atoms with Gasteiger partial charge in [-0.25, -0.2) is 0 Å². The first-order chi connectivity index (χ1) is 10.9. The van der Waals surface area contributed by atoms with E-state index in [4.69, 9.17) is 8.92 Å². The Morgan fingerprint density at radius 1 is 1.30 bits per heavy atom. The van der Waals surface area contributed by atoms with E-state index in [9.17, 15) is 18.0 Å². The van der Waals surface area contributed by atoms with Crippen molar-refractivity contribution in [2.45, 2.75) is 30.3 Å². The van der Waals surface area contributed by atoms with E-state index in [2.05, 4.69) is 17.2 Å². The number of hydrogen-bond donors (Lipinski definition) is 2. The summed E-state index contributed by atoms with van der Waals surface area (Å²) in [6, 6.07) is 0. The Balaban J connectivity index is 1.39. The third kappa shape index (κ3) is 3.13. The van der Waals surface area contributed by atoms with Crippen molar-refractivity contribution in [1.29, 1.82) is 0 Å². The molecule has 2 bridgehead atoms. The van der Waals surface area contributed by atoms with Gasteiger partial charge in [-0.3, -0.25) is 13.8 Å². The molecule has 0 aromatic carbocycles. The highest BCUT2D eigenvalue weighted by molar-refractivity contribution is 7.87. The second kappa shape index (κ2) is 6.21. The van der Waals surface area contributed by atoms with Crippen LogP contribution in [0.5, 0.6) is 0 Å². The van der Waals surface area contributed by atoms with Crippen molar-refractivity contribution in [2.75, 3.05) is 19.7 Å². The molecule has 1 aliphatic heterocycles. The van der Waals surface area contributed by atoms with Crippen LogP contribution in [0.2, 0.25) is 0 Å². The first-order valence-electron chi connectivity index (χ1n) is 7.63. The smallest absolute Gasteiger partial charge is 0.270 e. The van der Waals surface area contributed by atoms with Gasteiger partial charge in [0.2, 0.25) is 11.8 Å². The summed E-state index contributed by atoms with van der Waals surface area (Å²) in [5, 5.41) is 4.63. The molecule has 5 atom stereocenters. The molecule has 3 rings (SSSR count). The molecule has 23 heavy (non-hydrogen) atoms. The van der Waals surface area contributed by atoms with Crippen molar-refractivity contribution in [2.24, 2.45) is 11.8 Å². The van der Waals surface area contributed by atoms with Crippen LogP contribution in [0, 0.1) is 11.8 Å². The Labute approximate surface area is 134 Å². The van der Waals surface area contributed by atoms with E-state index >= 15 is 0 Å². The molecule has 1 heterocycles. The maximum absolute atomic E-state index is 11.8. The van der Waals surface area contributed by atoms with Gasteiger partial charge in [-0.05, 0) is 24.8 Å². The first kappa shape index (κ1) is 16.4. The molecule has 8 nitrogen and oxygen atoms in total. The minimum absolute atomic E-state index is 0.0544. The van der Waals surface area contributed by atoms with Crippen LogP contribution in [0.25, 0.3) is 0 Å². The van der Waals surface area contributed by atoms with E-state index in [0.717, 1.165) is 12.5 Å². The Hall–Kier alpha value is -1.45.